The van der Waals surface area contributed by atoms with Crippen LogP contribution in [0, 0.1) is 0 Å². The zero-order valence-electron chi connectivity index (χ0n) is 15.3. The Morgan fingerprint density at radius 1 is 1.16 bits per heavy atom. The summed E-state index contributed by atoms with van der Waals surface area (Å²) >= 11 is 8.16. The van der Waals surface area contributed by atoms with Crippen molar-refractivity contribution in [1.82, 2.24) is 0 Å². The molecule has 25 heavy (non-hydrogen) atoms. The fraction of sp³-hybridized carbons (Fsp3) is 0.455. The minimum atomic E-state index is -0.345. The van der Waals surface area contributed by atoms with Crippen LogP contribution in [0.5, 0.6) is 5.75 Å². The molecule has 3 atom stereocenters. The van der Waals surface area contributed by atoms with Crippen molar-refractivity contribution in [3.05, 3.63) is 64.7 Å². The van der Waals surface area contributed by atoms with Gasteiger partial charge in [-0.2, -0.15) is 0 Å². The van der Waals surface area contributed by atoms with Gasteiger partial charge in [0.25, 0.3) is 0 Å². The number of hydrogen-bond donors (Lipinski definition) is 0. The molecular formula is C22H27ClOS. The molecule has 3 heteroatoms. The first-order chi connectivity index (χ1) is 12.1. The molecule has 0 saturated carbocycles. The average Bonchev–Trinajstić information content (AvgIpc) is 2.65. The molecule has 0 aromatic heterocycles. The number of alkyl halides is 1. The van der Waals surface area contributed by atoms with Crippen LogP contribution in [0.2, 0.25) is 0 Å². The fourth-order valence-corrected chi connectivity index (χ4v) is 4.77. The predicted molar refractivity (Wildman–Crippen MR) is 110 cm³/mol. The van der Waals surface area contributed by atoms with Crippen molar-refractivity contribution in [2.75, 3.05) is 0 Å². The molecule has 0 fully saturated rings. The molecule has 0 radical (unpaired) electrons. The molecule has 2 aromatic rings. The molecule has 1 heterocycles. The average molecular weight is 375 g/mol. The Labute approximate surface area is 161 Å². The Morgan fingerprint density at radius 2 is 1.92 bits per heavy atom. The molecule has 0 amide bonds. The molecule has 0 spiro atoms. The van der Waals surface area contributed by atoms with Crippen LogP contribution in [0.25, 0.3) is 0 Å². The van der Waals surface area contributed by atoms with E-state index in [1.807, 2.05) is 0 Å². The van der Waals surface area contributed by atoms with E-state index >= 15 is 0 Å². The molecule has 3 unspecified atom stereocenters. The summed E-state index contributed by atoms with van der Waals surface area (Å²) in [4.78, 5) is -0.345. The van der Waals surface area contributed by atoms with Gasteiger partial charge in [0.2, 0.25) is 4.90 Å². The van der Waals surface area contributed by atoms with Crippen LogP contribution in [-0.4, -0.2) is 4.90 Å². The normalized spacial score (nSPS) is 20.6. The summed E-state index contributed by atoms with van der Waals surface area (Å²) in [5.41, 5.74) is 5.33. The molecular weight excluding hydrogens is 348 g/mol. The molecule has 0 bridgehead atoms. The van der Waals surface area contributed by atoms with Gasteiger partial charge in [-0.3, -0.25) is 0 Å². The molecule has 1 aliphatic rings. The van der Waals surface area contributed by atoms with E-state index in [0.29, 0.717) is 5.92 Å². The summed E-state index contributed by atoms with van der Waals surface area (Å²) < 4.78 is 6.13. The van der Waals surface area contributed by atoms with Crippen molar-refractivity contribution in [1.29, 1.82) is 0 Å². The monoisotopic (exact) mass is 374 g/mol. The van der Waals surface area contributed by atoms with Gasteiger partial charge in [0, 0.05) is 5.56 Å². The summed E-state index contributed by atoms with van der Waals surface area (Å²) in [7, 11) is 0. The van der Waals surface area contributed by atoms with Crippen molar-refractivity contribution < 1.29 is 4.74 Å². The van der Waals surface area contributed by atoms with Crippen molar-refractivity contribution in [3.8, 4) is 5.75 Å². The summed E-state index contributed by atoms with van der Waals surface area (Å²) in [6.07, 6.45) is 4.67. The van der Waals surface area contributed by atoms with Gasteiger partial charge in [-0.1, -0.05) is 93.0 Å². The SMILES string of the molecule is CCCCc1cc(C(C)CC)c2c(c1)C(c1ccccc1)SC(Cl)O2. The second kappa shape index (κ2) is 8.51. The second-order valence-corrected chi connectivity index (χ2v) is 8.66. The molecule has 134 valence electrons. The van der Waals surface area contributed by atoms with Gasteiger partial charge >= 0.3 is 0 Å². The van der Waals surface area contributed by atoms with Gasteiger partial charge in [0.1, 0.15) is 5.75 Å². The number of halogens is 1. The van der Waals surface area contributed by atoms with E-state index in [0.717, 1.165) is 18.6 Å². The number of benzene rings is 2. The Morgan fingerprint density at radius 3 is 2.60 bits per heavy atom. The fourth-order valence-electron chi connectivity index (χ4n) is 3.37. The van der Waals surface area contributed by atoms with E-state index in [4.69, 9.17) is 16.3 Å². The Hall–Kier alpha value is -1.12. The number of ether oxygens (including phenoxy) is 1. The van der Waals surface area contributed by atoms with Gasteiger partial charge in [-0.15, -0.1) is 0 Å². The predicted octanol–water partition coefficient (Wildman–Crippen LogP) is 7.28. The first kappa shape index (κ1) is 18.7. The number of hydrogen-bond acceptors (Lipinski definition) is 2. The zero-order chi connectivity index (χ0) is 17.8. The summed E-state index contributed by atoms with van der Waals surface area (Å²) in [5.74, 6) is 1.49. The van der Waals surface area contributed by atoms with Crippen LogP contribution in [0.1, 0.15) is 73.5 Å². The molecule has 1 aliphatic heterocycles. The van der Waals surface area contributed by atoms with Crippen LogP contribution in [0.3, 0.4) is 0 Å². The number of aryl methyl sites for hydroxylation is 1. The van der Waals surface area contributed by atoms with Crippen molar-refractivity contribution in [2.45, 2.75) is 62.5 Å². The first-order valence-corrected chi connectivity index (χ1v) is 10.7. The highest BCUT2D eigenvalue weighted by molar-refractivity contribution is 8.01. The first-order valence-electron chi connectivity index (χ1n) is 9.31. The van der Waals surface area contributed by atoms with Crippen LogP contribution in [-0.2, 0) is 6.42 Å². The maximum absolute atomic E-state index is 6.47. The van der Waals surface area contributed by atoms with Gasteiger partial charge in [-0.05, 0) is 41.9 Å². The third-order valence-electron chi connectivity index (χ3n) is 5.01. The van der Waals surface area contributed by atoms with E-state index in [-0.39, 0.29) is 10.1 Å². The highest BCUT2D eigenvalue weighted by Gasteiger charge is 2.32. The minimum Gasteiger partial charge on any atom is -0.465 e. The second-order valence-electron chi connectivity index (χ2n) is 6.84. The van der Waals surface area contributed by atoms with Crippen molar-refractivity contribution in [3.63, 3.8) is 0 Å². The quantitative estimate of drug-likeness (QED) is 0.491. The molecule has 1 nitrogen and oxygen atoms in total. The number of rotatable bonds is 6. The Bertz CT molecular complexity index is 701. The van der Waals surface area contributed by atoms with Gasteiger partial charge in [-0.25, -0.2) is 0 Å². The third kappa shape index (κ3) is 4.17. The number of fused-ring (bicyclic) bond motifs is 1. The highest BCUT2D eigenvalue weighted by atomic mass is 35.5. The van der Waals surface area contributed by atoms with Crippen LogP contribution >= 0.6 is 23.4 Å². The standard InChI is InChI=1S/C22H27ClOS/c1-4-6-10-16-13-18(15(3)5-2)20-19(14-16)21(25-22(23)24-20)17-11-8-7-9-12-17/h7-9,11-15,21-22H,4-6,10H2,1-3H3. The van der Waals surface area contributed by atoms with Crippen molar-refractivity contribution >= 4 is 23.4 Å². The summed E-state index contributed by atoms with van der Waals surface area (Å²) in [5, 5.41) is 0.233. The number of unbranched alkanes of at least 4 members (excludes halogenated alkanes) is 1. The topological polar surface area (TPSA) is 9.23 Å². The maximum Gasteiger partial charge on any atom is 0.220 e. The summed E-state index contributed by atoms with van der Waals surface area (Å²) in [6, 6.07) is 15.4. The Balaban J connectivity index is 2.11. The van der Waals surface area contributed by atoms with Gasteiger partial charge in [0.15, 0.2) is 0 Å². The lowest BCUT2D eigenvalue weighted by Crippen LogP contribution is -2.18. The molecule has 0 aliphatic carbocycles. The van der Waals surface area contributed by atoms with Crippen LogP contribution < -0.4 is 4.74 Å². The van der Waals surface area contributed by atoms with E-state index in [1.54, 1.807) is 11.8 Å². The lowest BCUT2D eigenvalue weighted by atomic mass is 9.89. The van der Waals surface area contributed by atoms with Gasteiger partial charge in [0.05, 0.1) is 5.25 Å². The third-order valence-corrected chi connectivity index (χ3v) is 6.51. The molecule has 0 N–H and O–H groups in total. The smallest absolute Gasteiger partial charge is 0.220 e. The maximum atomic E-state index is 6.47. The van der Waals surface area contributed by atoms with E-state index in [2.05, 4.69) is 63.2 Å². The van der Waals surface area contributed by atoms with E-state index < -0.39 is 0 Å². The molecule has 2 aromatic carbocycles. The minimum absolute atomic E-state index is 0.233. The van der Waals surface area contributed by atoms with Gasteiger partial charge < -0.3 is 4.74 Å². The van der Waals surface area contributed by atoms with Crippen LogP contribution in [0.4, 0.5) is 0 Å². The Kier molecular flexibility index (Phi) is 6.35. The van der Waals surface area contributed by atoms with E-state index in [9.17, 15) is 0 Å². The lowest BCUT2D eigenvalue weighted by molar-refractivity contribution is 0.342. The lowest BCUT2D eigenvalue weighted by Gasteiger charge is -2.32. The molecule has 3 rings (SSSR count). The van der Waals surface area contributed by atoms with Crippen LogP contribution in [0.15, 0.2) is 42.5 Å². The molecule has 0 saturated heterocycles. The summed E-state index contributed by atoms with van der Waals surface area (Å²) in [6.45, 7) is 6.77. The van der Waals surface area contributed by atoms with E-state index in [1.165, 1.54) is 35.1 Å². The number of thioether (sulfide) groups is 1. The highest BCUT2D eigenvalue weighted by Crippen LogP contribution is 2.51. The van der Waals surface area contributed by atoms with Crippen molar-refractivity contribution in [2.24, 2.45) is 0 Å². The largest absolute Gasteiger partial charge is 0.465 e. The zero-order valence-corrected chi connectivity index (χ0v) is 16.9.